The molecule has 1 amide bonds. The maximum absolute atomic E-state index is 11.7. The maximum atomic E-state index is 11.7. The number of benzene rings is 1. The zero-order chi connectivity index (χ0) is 12.4. The molecule has 1 heterocycles. The number of nitrogens with one attached hydrogen (secondary N) is 1. The Balaban J connectivity index is 2.74. The van der Waals surface area contributed by atoms with Crippen molar-refractivity contribution >= 4 is 16.8 Å². The Morgan fingerprint density at radius 2 is 2.18 bits per heavy atom. The molecule has 0 aliphatic heterocycles. The second kappa shape index (κ2) is 4.41. The normalized spacial score (nSPS) is 10.3. The van der Waals surface area contributed by atoms with Gasteiger partial charge in [0, 0.05) is 24.7 Å². The van der Waals surface area contributed by atoms with Gasteiger partial charge in [-0.1, -0.05) is 0 Å². The van der Waals surface area contributed by atoms with Gasteiger partial charge in [-0.15, -0.1) is 0 Å². The average Bonchev–Trinajstić information content (AvgIpc) is 2.37. The summed E-state index contributed by atoms with van der Waals surface area (Å²) in [5, 5.41) is 3.57. The number of carbonyl (C=O) groups excluding carboxylic acids is 1. The van der Waals surface area contributed by atoms with Crippen molar-refractivity contribution in [2.75, 3.05) is 14.2 Å². The van der Waals surface area contributed by atoms with Crippen LogP contribution in [0.2, 0.25) is 0 Å². The van der Waals surface area contributed by atoms with Crippen LogP contribution in [0.4, 0.5) is 0 Å². The van der Waals surface area contributed by atoms with Crippen molar-refractivity contribution in [1.29, 1.82) is 0 Å². The van der Waals surface area contributed by atoms with E-state index in [4.69, 9.17) is 4.74 Å². The summed E-state index contributed by atoms with van der Waals surface area (Å²) in [5.41, 5.74) is 2.44. The van der Waals surface area contributed by atoms with Crippen molar-refractivity contribution in [3.05, 3.63) is 35.5 Å². The van der Waals surface area contributed by atoms with Crippen LogP contribution in [0.5, 0.6) is 5.75 Å². The van der Waals surface area contributed by atoms with E-state index in [-0.39, 0.29) is 5.91 Å². The summed E-state index contributed by atoms with van der Waals surface area (Å²) in [7, 11) is 3.14. The first-order valence-corrected chi connectivity index (χ1v) is 5.33. The van der Waals surface area contributed by atoms with Crippen LogP contribution in [-0.2, 0) is 0 Å². The molecule has 1 aromatic heterocycles. The zero-order valence-corrected chi connectivity index (χ0v) is 10.1. The Hall–Kier alpha value is -2.10. The summed E-state index contributed by atoms with van der Waals surface area (Å²) >= 11 is 0. The molecule has 0 radical (unpaired) electrons. The summed E-state index contributed by atoms with van der Waals surface area (Å²) in [6, 6.07) is 5.52. The number of fused-ring (bicyclic) bond motifs is 1. The van der Waals surface area contributed by atoms with Crippen molar-refractivity contribution < 1.29 is 9.53 Å². The lowest BCUT2D eigenvalue weighted by Gasteiger charge is -2.10. The van der Waals surface area contributed by atoms with E-state index < -0.39 is 0 Å². The molecule has 0 atom stereocenters. The fourth-order valence-corrected chi connectivity index (χ4v) is 1.79. The molecule has 1 N–H and O–H groups in total. The largest absolute Gasteiger partial charge is 0.496 e. The van der Waals surface area contributed by atoms with Gasteiger partial charge in [0.05, 0.1) is 18.2 Å². The van der Waals surface area contributed by atoms with Gasteiger partial charge in [0.2, 0.25) is 0 Å². The molecular formula is C13H14N2O2. The van der Waals surface area contributed by atoms with Gasteiger partial charge in [-0.2, -0.15) is 0 Å². The lowest BCUT2D eigenvalue weighted by atomic mass is 10.1. The molecule has 4 heteroatoms. The minimum absolute atomic E-state index is 0.160. The molecule has 0 unspecified atom stereocenters. The Morgan fingerprint density at radius 1 is 1.41 bits per heavy atom. The maximum Gasteiger partial charge on any atom is 0.254 e. The fourth-order valence-electron chi connectivity index (χ4n) is 1.79. The lowest BCUT2D eigenvalue weighted by Crippen LogP contribution is -2.18. The summed E-state index contributed by atoms with van der Waals surface area (Å²) < 4.78 is 5.22. The minimum atomic E-state index is -0.160. The highest BCUT2D eigenvalue weighted by atomic mass is 16.5. The third kappa shape index (κ3) is 1.93. The van der Waals surface area contributed by atoms with Gasteiger partial charge in [-0.05, 0) is 24.6 Å². The number of pyridine rings is 1. The van der Waals surface area contributed by atoms with Crippen molar-refractivity contribution in [2.24, 2.45) is 0 Å². The standard InChI is InChI=1S/C13H14N2O2/c1-8-4-5-15-11-7-12(17-3)10(6-9(8)11)13(16)14-2/h4-7H,1-3H3,(H,14,16). The molecule has 0 aliphatic rings. The number of hydrogen-bond donors (Lipinski definition) is 1. The predicted octanol–water partition coefficient (Wildman–Crippen LogP) is 1.91. The summed E-state index contributed by atoms with van der Waals surface area (Å²) in [6.07, 6.45) is 1.75. The number of ether oxygens (including phenoxy) is 1. The van der Waals surface area contributed by atoms with E-state index in [0.717, 1.165) is 16.5 Å². The molecular weight excluding hydrogens is 216 g/mol. The zero-order valence-electron chi connectivity index (χ0n) is 10.1. The topological polar surface area (TPSA) is 51.2 Å². The highest BCUT2D eigenvalue weighted by molar-refractivity contribution is 6.01. The molecule has 2 aromatic rings. The van der Waals surface area contributed by atoms with E-state index in [1.807, 2.05) is 19.1 Å². The van der Waals surface area contributed by atoms with E-state index >= 15 is 0 Å². The highest BCUT2D eigenvalue weighted by Crippen LogP contribution is 2.26. The summed E-state index contributed by atoms with van der Waals surface area (Å²) in [6.45, 7) is 1.99. The van der Waals surface area contributed by atoms with E-state index in [1.165, 1.54) is 0 Å². The third-order valence-corrected chi connectivity index (χ3v) is 2.75. The van der Waals surface area contributed by atoms with E-state index in [0.29, 0.717) is 11.3 Å². The second-order valence-electron chi connectivity index (χ2n) is 3.78. The van der Waals surface area contributed by atoms with Gasteiger partial charge in [-0.3, -0.25) is 9.78 Å². The number of nitrogens with zero attached hydrogens (tertiary/aromatic N) is 1. The second-order valence-corrected chi connectivity index (χ2v) is 3.78. The highest BCUT2D eigenvalue weighted by Gasteiger charge is 2.13. The Labute approximate surface area is 99.6 Å². The molecule has 17 heavy (non-hydrogen) atoms. The Morgan fingerprint density at radius 3 is 2.82 bits per heavy atom. The van der Waals surface area contributed by atoms with Crippen LogP contribution in [0.15, 0.2) is 24.4 Å². The SMILES string of the molecule is CNC(=O)c1cc2c(C)ccnc2cc1OC. The average molecular weight is 230 g/mol. The smallest absolute Gasteiger partial charge is 0.254 e. The van der Waals surface area contributed by atoms with Gasteiger partial charge in [-0.25, -0.2) is 0 Å². The lowest BCUT2D eigenvalue weighted by molar-refractivity contribution is 0.0960. The monoisotopic (exact) mass is 230 g/mol. The van der Waals surface area contributed by atoms with Crippen LogP contribution in [0.3, 0.4) is 0 Å². The van der Waals surface area contributed by atoms with Crippen molar-refractivity contribution in [1.82, 2.24) is 10.3 Å². The molecule has 0 aliphatic carbocycles. The van der Waals surface area contributed by atoms with Gasteiger partial charge in [0.1, 0.15) is 5.75 Å². The molecule has 0 fully saturated rings. The molecule has 0 saturated carbocycles. The first kappa shape index (κ1) is 11.4. The van der Waals surface area contributed by atoms with Gasteiger partial charge < -0.3 is 10.1 Å². The Bertz CT molecular complexity index is 579. The van der Waals surface area contributed by atoms with Crippen molar-refractivity contribution in [3.63, 3.8) is 0 Å². The van der Waals surface area contributed by atoms with Gasteiger partial charge in [0.25, 0.3) is 5.91 Å². The van der Waals surface area contributed by atoms with Crippen LogP contribution in [0.25, 0.3) is 10.9 Å². The number of aromatic nitrogens is 1. The van der Waals surface area contributed by atoms with Crippen LogP contribution in [-0.4, -0.2) is 25.0 Å². The minimum Gasteiger partial charge on any atom is -0.496 e. The molecule has 0 saturated heterocycles. The van der Waals surface area contributed by atoms with Gasteiger partial charge in [0.15, 0.2) is 0 Å². The molecule has 0 spiro atoms. The number of carbonyl (C=O) groups is 1. The summed E-state index contributed by atoms with van der Waals surface area (Å²) in [4.78, 5) is 16.0. The fraction of sp³-hybridized carbons (Fsp3) is 0.231. The number of rotatable bonds is 2. The quantitative estimate of drug-likeness (QED) is 0.857. The number of aryl methyl sites for hydroxylation is 1. The van der Waals surface area contributed by atoms with Crippen molar-refractivity contribution in [3.8, 4) is 5.75 Å². The third-order valence-electron chi connectivity index (χ3n) is 2.75. The van der Waals surface area contributed by atoms with E-state index in [1.54, 1.807) is 26.4 Å². The molecule has 1 aromatic carbocycles. The van der Waals surface area contributed by atoms with E-state index in [9.17, 15) is 4.79 Å². The first-order valence-electron chi connectivity index (χ1n) is 5.33. The molecule has 4 nitrogen and oxygen atoms in total. The predicted molar refractivity (Wildman–Crippen MR) is 66.4 cm³/mol. The molecule has 2 rings (SSSR count). The number of methoxy groups -OCH3 is 1. The number of hydrogen-bond acceptors (Lipinski definition) is 3. The van der Waals surface area contributed by atoms with Gasteiger partial charge >= 0.3 is 0 Å². The van der Waals surface area contributed by atoms with Crippen molar-refractivity contribution in [2.45, 2.75) is 6.92 Å². The number of amides is 1. The molecule has 88 valence electrons. The van der Waals surface area contributed by atoms with Crippen LogP contribution in [0, 0.1) is 6.92 Å². The first-order chi connectivity index (χ1) is 8.17. The van der Waals surface area contributed by atoms with Crippen LogP contribution >= 0.6 is 0 Å². The van der Waals surface area contributed by atoms with E-state index in [2.05, 4.69) is 10.3 Å². The molecule has 0 bridgehead atoms. The Kier molecular flexibility index (Phi) is 2.95. The summed E-state index contributed by atoms with van der Waals surface area (Å²) in [5.74, 6) is 0.377. The van der Waals surface area contributed by atoms with Crippen LogP contribution in [0.1, 0.15) is 15.9 Å². The van der Waals surface area contributed by atoms with Crippen LogP contribution < -0.4 is 10.1 Å².